The van der Waals surface area contributed by atoms with Gasteiger partial charge < -0.3 is 5.11 Å². The first-order valence-electron chi connectivity index (χ1n) is 7.77. The lowest BCUT2D eigenvalue weighted by molar-refractivity contribution is 0.407. The molecule has 5 heteroatoms. The molecule has 0 amide bonds. The fourth-order valence-corrected chi connectivity index (χ4v) is 4.05. The normalized spacial score (nSPS) is 14.2. The summed E-state index contributed by atoms with van der Waals surface area (Å²) in [4.78, 5) is -0.164. The zero-order valence-corrected chi connectivity index (χ0v) is 16.5. The monoisotopic (exact) mass is 342 g/mol. The summed E-state index contributed by atoms with van der Waals surface area (Å²) in [5.41, 5.74) is -0.0262. The van der Waals surface area contributed by atoms with Gasteiger partial charge in [0.25, 0.3) is 10.1 Å². The Morgan fingerprint density at radius 3 is 1.43 bits per heavy atom. The molecule has 1 rings (SSSR count). The molecule has 4 nitrogen and oxygen atoms in total. The molecule has 1 aromatic carbocycles. The zero-order valence-electron chi connectivity index (χ0n) is 15.7. The first kappa shape index (κ1) is 20.0. The van der Waals surface area contributed by atoms with Crippen LogP contribution in [-0.4, -0.2) is 18.1 Å². The van der Waals surface area contributed by atoms with Gasteiger partial charge in [-0.2, -0.15) is 8.42 Å². The van der Waals surface area contributed by atoms with Crippen molar-refractivity contribution in [2.45, 2.75) is 83.5 Å². The van der Waals surface area contributed by atoms with Gasteiger partial charge in [-0.05, 0) is 33.4 Å². The molecule has 0 unspecified atom stereocenters. The molecule has 0 heterocycles. The highest BCUT2D eigenvalue weighted by molar-refractivity contribution is 7.86. The number of phenolic OH excluding ortho intramolecular Hbond substituents is 1. The lowest BCUT2D eigenvalue weighted by Gasteiger charge is -2.33. The molecule has 2 N–H and O–H groups in total. The Bertz CT molecular complexity index is 709. The van der Waals surface area contributed by atoms with E-state index in [4.69, 9.17) is 0 Å². The van der Waals surface area contributed by atoms with E-state index >= 15 is 0 Å². The van der Waals surface area contributed by atoms with Crippen LogP contribution < -0.4 is 0 Å². The van der Waals surface area contributed by atoms with Crippen LogP contribution in [0.25, 0.3) is 0 Å². The van der Waals surface area contributed by atoms with Crippen molar-refractivity contribution >= 4 is 10.1 Å². The van der Waals surface area contributed by atoms with E-state index in [2.05, 4.69) is 0 Å². The van der Waals surface area contributed by atoms with Crippen molar-refractivity contribution in [2.75, 3.05) is 0 Å². The molecule has 0 saturated carbocycles. The van der Waals surface area contributed by atoms with Crippen LogP contribution >= 0.6 is 0 Å². The standard InChI is InChI=1S/C18H30O4S/c1-16(2,3)11-10-12(17(4,5)6)15(23(20,21)22)13(14(11)19)18(7,8)9/h10,19H,1-9H3,(H,20,21,22). The predicted molar refractivity (Wildman–Crippen MR) is 94.0 cm³/mol. The molecule has 0 saturated heterocycles. The molecule has 0 aliphatic rings. The van der Waals surface area contributed by atoms with E-state index in [-0.39, 0.29) is 21.6 Å². The molecule has 0 aliphatic heterocycles. The van der Waals surface area contributed by atoms with E-state index < -0.39 is 20.9 Å². The Morgan fingerprint density at radius 1 is 0.783 bits per heavy atom. The number of benzene rings is 1. The fourth-order valence-electron chi connectivity index (χ4n) is 2.75. The summed E-state index contributed by atoms with van der Waals surface area (Å²) in [6.07, 6.45) is 0. The minimum absolute atomic E-state index is 0.0503. The molecule has 0 aromatic heterocycles. The summed E-state index contributed by atoms with van der Waals surface area (Å²) >= 11 is 0. The van der Waals surface area contributed by atoms with E-state index in [1.54, 1.807) is 6.07 Å². The molecule has 0 radical (unpaired) electrons. The number of rotatable bonds is 1. The maximum absolute atomic E-state index is 12.1. The summed E-state index contributed by atoms with van der Waals surface area (Å²) in [6.45, 7) is 17.1. The van der Waals surface area contributed by atoms with Crippen molar-refractivity contribution in [3.05, 3.63) is 22.8 Å². The van der Waals surface area contributed by atoms with Crippen molar-refractivity contribution in [3.8, 4) is 5.75 Å². The molecule has 0 spiro atoms. The van der Waals surface area contributed by atoms with Crippen LogP contribution in [0.5, 0.6) is 5.75 Å². The van der Waals surface area contributed by atoms with Gasteiger partial charge in [-0.1, -0.05) is 62.3 Å². The van der Waals surface area contributed by atoms with Gasteiger partial charge >= 0.3 is 0 Å². The largest absolute Gasteiger partial charge is 0.507 e. The summed E-state index contributed by atoms with van der Waals surface area (Å²) in [7, 11) is -4.48. The Morgan fingerprint density at radius 2 is 1.17 bits per heavy atom. The highest BCUT2D eigenvalue weighted by atomic mass is 32.2. The van der Waals surface area contributed by atoms with Gasteiger partial charge in [0, 0.05) is 5.56 Å². The van der Waals surface area contributed by atoms with Crippen molar-refractivity contribution in [1.29, 1.82) is 0 Å². The Hall–Kier alpha value is -1.07. The highest BCUT2D eigenvalue weighted by Crippen LogP contribution is 2.46. The van der Waals surface area contributed by atoms with Crippen LogP contribution in [0.4, 0.5) is 0 Å². The molecule has 0 fully saturated rings. The van der Waals surface area contributed by atoms with E-state index in [9.17, 15) is 18.1 Å². The summed E-state index contributed by atoms with van der Waals surface area (Å²) in [5.74, 6) is -0.0503. The minimum Gasteiger partial charge on any atom is -0.507 e. The maximum atomic E-state index is 12.1. The number of hydrogen-bond donors (Lipinski definition) is 2. The van der Waals surface area contributed by atoms with Gasteiger partial charge in [0.2, 0.25) is 0 Å². The van der Waals surface area contributed by atoms with Crippen molar-refractivity contribution in [3.63, 3.8) is 0 Å². The molecule has 0 aliphatic carbocycles. The SMILES string of the molecule is CC(C)(C)c1cc(C(C)(C)C)c(S(=O)(=O)O)c(C(C)(C)C)c1O. The molecule has 1 aromatic rings. The number of phenols is 1. The van der Waals surface area contributed by atoms with Gasteiger partial charge in [0.05, 0.1) is 0 Å². The molecule has 0 atom stereocenters. The van der Waals surface area contributed by atoms with Crippen molar-refractivity contribution < 1.29 is 18.1 Å². The maximum Gasteiger partial charge on any atom is 0.295 e. The van der Waals surface area contributed by atoms with E-state index in [0.717, 1.165) is 0 Å². The summed E-state index contributed by atoms with van der Waals surface area (Å²) in [6, 6.07) is 1.72. The second-order valence-corrected chi connectivity index (χ2v) is 10.6. The third-order valence-corrected chi connectivity index (χ3v) is 4.82. The Balaban J connectivity index is 4.22. The number of hydrogen-bond acceptors (Lipinski definition) is 3. The third kappa shape index (κ3) is 4.07. The van der Waals surface area contributed by atoms with Gasteiger partial charge in [-0.15, -0.1) is 0 Å². The molecular formula is C18H30O4S. The van der Waals surface area contributed by atoms with Crippen LogP contribution in [0.2, 0.25) is 0 Å². The fraction of sp³-hybridized carbons (Fsp3) is 0.667. The van der Waals surface area contributed by atoms with Crippen molar-refractivity contribution in [2.24, 2.45) is 0 Å². The Labute approximate surface area is 140 Å². The zero-order chi connectivity index (χ0) is 18.6. The van der Waals surface area contributed by atoms with Gasteiger partial charge in [0.15, 0.2) is 0 Å². The predicted octanol–water partition coefficient (Wildman–Crippen LogP) is 4.53. The smallest absolute Gasteiger partial charge is 0.295 e. The van der Waals surface area contributed by atoms with E-state index in [1.165, 1.54) is 0 Å². The Kier molecular flexibility index (Phi) is 4.76. The third-order valence-electron chi connectivity index (χ3n) is 3.88. The highest BCUT2D eigenvalue weighted by Gasteiger charge is 2.37. The van der Waals surface area contributed by atoms with Crippen molar-refractivity contribution in [1.82, 2.24) is 0 Å². The quantitative estimate of drug-likeness (QED) is 0.735. The summed E-state index contributed by atoms with van der Waals surface area (Å²) in [5, 5.41) is 10.8. The average Bonchev–Trinajstić information content (AvgIpc) is 2.21. The van der Waals surface area contributed by atoms with Gasteiger partial charge in [-0.3, -0.25) is 4.55 Å². The topological polar surface area (TPSA) is 74.6 Å². The van der Waals surface area contributed by atoms with Crippen LogP contribution in [0.1, 0.15) is 79.0 Å². The van der Waals surface area contributed by atoms with Gasteiger partial charge in [0.1, 0.15) is 10.6 Å². The molecule has 23 heavy (non-hydrogen) atoms. The second kappa shape index (κ2) is 5.49. The molecular weight excluding hydrogens is 312 g/mol. The van der Waals surface area contributed by atoms with E-state index in [0.29, 0.717) is 11.1 Å². The molecule has 0 bridgehead atoms. The average molecular weight is 343 g/mol. The number of aromatic hydroxyl groups is 1. The van der Waals surface area contributed by atoms with Crippen LogP contribution in [-0.2, 0) is 26.4 Å². The summed E-state index contributed by atoms with van der Waals surface area (Å²) < 4.78 is 34.1. The minimum atomic E-state index is -4.48. The molecule has 132 valence electrons. The first-order chi connectivity index (χ1) is 9.88. The first-order valence-corrected chi connectivity index (χ1v) is 9.21. The van der Waals surface area contributed by atoms with Crippen LogP contribution in [0.15, 0.2) is 11.0 Å². The van der Waals surface area contributed by atoms with E-state index in [1.807, 2.05) is 62.3 Å². The lowest BCUT2D eigenvalue weighted by atomic mass is 9.74. The second-order valence-electron chi connectivity index (χ2n) is 9.25. The van der Waals surface area contributed by atoms with Crippen LogP contribution in [0.3, 0.4) is 0 Å². The van der Waals surface area contributed by atoms with Gasteiger partial charge in [-0.25, -0.2) is 0 Å². The van der Waals surface area contributed by atoms with Crippen LogP contribution in [0, 0.1) is 0 Å². The lowest BCUT2D eigenvalue weighted by Crippen LogP contribution is -2.26.